The lowest BCUT2D eigenvalue weighted by atomic mass is 10.2. The van der Waals surface area contributed by atoms with Gasteiger partial charge in [-0.05, 0) is 26.7 Å². The number of nitrogens with zero attached hydrogens (tertiary/aromatic N) is 2. The van der Waals surface area contributed by atoms with Gasteiger partial charge in [0.25, 0.3) is 10.0 Å². The molecule has 0 radical (unpaired) electrons. The summed E-state index contributed by atoms with van der Waals surface area (Å²) in [6.45, 7) is 3.62. The number of aryl methyl sites for hydroxylation is 2. The Balaban J connectivity index is 2.43. The Hall–Kier alpha value is -0.990. The first-order valence-electron chi connectivity index (χ1n) is 5.52. The molecule has 1 atom stereocenters. The summed E-state index contributed by atoms with van der Waals surface area (Å²) in [6, 6.07) is -0.947. The van der Waals surface area contributed by atoms with E-state index >= 15 is 0 Å². The molecule has 0 bridgehead atoms. The Morgan fingerprint density at radius 3 is 2.67 bits per heavy atom. The molecule has 100 valence electrons. The van der Waals surface area contributed by atoms with Crippen LogP contribution in [0, 0.1) is 13.8 Å². The minimum absolute atomic E-state index is 0.160. The van der Waals surface area contributed by atoms with Crippen molar-refractivity contribution in [2.75, 3.05) is 6.54 Å². The van der Waals surface area contributed by atoms with E-state index in [0.29, 0.717) is 23.5 Å². The molecule has 0 unspecified atom stereocenters. The van der Waals surface area contributed by atoms with Crippen molar-refractivity contribution in [3.63, 3.8) is 0 Å². The zero-order valence-electron chi connectivity index (χ0n) is 10.1. The highest BCUT2D eigenvalue weighted by molar-refractivity contribution is 7.91. The van der Waals surface area contributed by atoms with Gasteiger partial charge in [-0.3, -0.25) is 4.79 Å². The van der Waals surface area contributed by atoms with Gasteiger partial charge in [-0.15, -0.1) is 11.3 Å². The number of hydrogen-bond acceptors (Lipinski definition) is 5. The lowest BCUT2D eigenvalue weighted by Crippen LogP contribution is -2.40. The van der Waals surface area contributed by atoms with Gasteiger partial charge in [-0.2, -0.15) is 4.31 Å². The standard InChI is InChI=1S/C10H14N2O4S2/c1-6-10(17-7(2)11-6)18(15,16)12-5-3-4-8(12)9(13)14/h8H,3-5H2,1-2H3,(H,13,14)/t8-/m0/s1. The Labute approximate surface area is 109 Å². The monoisotopic (exact) mass is 290 g/mol. The van der Waals surface area contributed by atoms with Gasteiger partial charge in [0.2, 0.25) is 0 Å². The van der Waals surface area contributed by atoms with Crippen LogP contribution in [0.3, 0.4) is 0 Å². The molecule has 1 aliphatic heterocycles. The molecule has 0 spiro atoms. The first-order chi connectivity index (χ1) is 8.34. The summed E-state index contributed by atoms with van der Waals surface area (Å²) < 4.78 is 26.1. The molecule has 0 aliphatic carbocycles. The highest BCUT2D eigenvalue weighted by Crippen LogP contribution is 2.31. The maximum Gasteiger partial charge on any atom is 0.322 e. The maximum atomic E-state index is 12.4. The quantitative estimate of drug-likeness (QED) is 0.897. The van der Waals surface area contributed by atoms with Crippen molar-refractivity contribution in [3.8, 4) is 0 Å². The number of rotatable bonds is 3. The molecule has 0 amide bonds. The third-order valence-electron chi connectivity index (χ3n) is 2.89. The maximum absolute atomic E-state index is 12.4. The molecule has 1 aromatic rings. The van der Waals surface area contributed by atoms with Gasteiger partial charge in [0.15, 0.2) is 4.21 Å². The van der Waals surface area contributed by atoms with Crippen molar-refractivity contribution in [3.05, 3.63) is 10.7 Å². The summed E-state index contributed by atoms with van der Waals surface area (Å²) in [6.07, 6.45) is 0.943. The highest BCUT2D eigenvalue weighted by atomic mass is 32.2. The summed E-state index contributed by atoms with van der Waals surface area (Å²) in [5.41, 5.74) is 0.438. The van der Waals surface area contributed by atoms with Crippen LogP contribution >= 0.6 is 11.3 Å². The van der Waals surface area contributed by atoms with Gasteiger partial charge < -0.3 is 5.11 Å². The van der Waals surface area contributed by atoms with Crippen molar-refractivity contribution in [2.24, 2.45) is 0 Å². The molecule has 1 fully saturated rings. The highest BCUT2D eigenvalue weighted by Gasteiger charge is 2.40. The molecular weight excluding hydrogens is 276 g/mol. The van der Waals surface area contributed by atoms with Crippen LogP contribution in [0.5, 0.6) is 0 Å². The smallest absolute Gasteiger partial charge is 0.322 e. The second kappa shape index (κ2) is 4.60. The van der Waals surface area contributed by atoms with E-state index in [9.17, 15) is 13.2 Å². The van der Waals surface area contributed by atoms with Crippen LogP contribution in [-0.2, 0) is 14.8 Å². The molecule has 8 heteroatoms. The predicted octanol–water partition coefficient (Wildman–Crippen LogP) is 0.998. The van der Waals surface area contributed by atoms with Crippen LogP contribution < -0.4 is 0 Å². The van der Waals surface area contributed by atoms with Gasteiger partial charge in [0.05, 0.1) is 10.7 Å². The van der Waals surface area contributed by atoms with Gasteiger partial charge in [-0.25, -0.2) is 13.4 Å². The molecule has 2 rings (SSSR count). The minimum Gasteiger partial charge on any atom is -0.480 e. The summed E-state index contributed by atoms with van der Waals surface area (Å²) in [7, 11) is -3.73. The lowest BCUT2D eigenvalue weighted by Gasteiger charge is -2.20. The van der Waals surface area contributed by atoms with Crippen molar-refractivity contribution in [2.45, 2.75) is 36.9 Å². The molecular formula is C10H14N2O4S2. The van der Waals surface area contributed by atoms with E-state index in [-0.39, 0.29) is 10.8 Å². The number of carboxylic acids is 1. The molecule has 1 saturated heterocycles. The molecule has 0 saturated carbocycles. The normalized spacial score (nSPS) is 21.3. The topological polar surface area (TPSA) is 87.6 Å². The van der Waals surface area contributed by atoms with Gasteiger partial charge >= 0.3 is 5.97 Å². The van der Waals surface area contributed by atoms with Crippen LogP contribution in [0.4, 0.5) is 0 Å². The molecule has 1 aliphatic rings. The number of thiazole rings is 1. The van der Waals surface area contributed by atoms with Crippen LogP contribution in [0.1, 0.15) is 23.5 Å². The fourth-order valence-corrected chi connectivity index (χ4v) is 5.38. The minimum atomic E-state index is -3.73. The molecule has 0 aromatic carbocycles. The third-order valence-corrected chi connectivity index (χ3v) is 6.46. The van der Waals surface area contributed by atoms with Gasteiger partial charge in [0.1, 0.15) is 6.04 Å². The van der Waals surface area contributed by atoms with E-state index in [1.54, 1.807) is 13.8 Å². The average molecular weight is 290 g/mol. The van der Waals surface area contributed by atoms with Gasteiger partial charge in [-0.1, -0.05) is 0 Å². The number of carboxylic acid groups (broad SMARTS) is 1. The summed E-state index contributed by atoms with van der Waals surface area (Å²) in [4.78, 5) is 15.1. The zero-order valence-corrected chi connectivity index (χ0v) is 11.7. The Morgan fingerprint density at radius 2 is 2.17 bits per heavy atom. The lowest BCUT2D eigenvalue weighted by molar-refractivity contribution is -0.140. The van der Waals surface area contributed by atoms with Crippen molar-refractivity contribution in [1.29, 1.82) is 0 Å². The van der Waals surface area contributed by atoms with Crippen molar-refractivity contribution in [1.82, 2.24) is 9.29 Å². The van der Waals surface area contributed by atoms with E-state index in [0.717, 1.165) is 15.6 Å². The number of hydrogen-bond donors (Lipinski definition) is 1. The summed E-state index contributed by atoms with van der Waals surface area (Å²) in [5.74, 6) is -1.09. The van der Waals surface area contributed by atoms with E-state index in [4.69, 9.17) is 5.11 Å². The largest absolute Gasteiger partial charge is 0.480 e. The molecule has 1 aromatic heterocycles. The molecule has 1 N–H and O–H groups in total. The second-order valence-electron chi connectivity index (χ2n) is 4.22. The SMILES string of the molecule is Cc1nc(C)c(S(=O)(=O)N2CCC[C@H]2C(=O)O)s1. The van der Waals surface area contributed by atoms with Crippen molar-refractivity contribution < 1.29 is 18.3 Å². The number of carbonyl (C=O) groups is 1. The molecule has 2 heterocycles. The Bertz CT molecular complexity index is 579. The fraction of sp³-hybridized carbons (Fsp3) is 0.600. The Morgan fingerprint density at radius 1 is 1.50 bits per heavy atom. The average Bonchev–Trinajstić information content (AvgIpc) is 2.84. The molecule has 18 heavy (non-hydrogen) atoms. The number of sulfonamides is 1. The van der Waals surface area contributed by atoms with Gasteiger partial charge in [0, 0.05) is 6.54 Å². The van der Waals surface area contributed by atoms with Crippen LogP contribution in [-0.4, -0.2) is 41.4 Å². The zero-order chi connectivity index (χ0) is 13.5. The fourth-order valence-electron chi connectivity index (χ4n) is 2.13. The van der Waals surface area contributed by atoms with Crippen LogP contribution in [0.25, 0.3) is 0 Å². The Kier molecular flexibility index (Phi) is 3.43. The number of aliphatic carboxylic acids is 1. The summed E-state index contributed by atoms with van der Waals surface area (Å²) >= 11 is 1.09. The van der Waals surface area contributed by atoms with E-state index in [1.807, 2.05) is 0 Å². The van der Waals surface area contributed by atoms with Crippen LogP contribution in [0.15, 0.2) is 4.21 Å². The third kappa shape index (κ3) is 2.15. The predicted molar refractivity (Wildman–Crippen MR) is 66.1 cm³/mol. The second-order valence-corrected chi connectivity index (χ2v) is 7.51. The number of aromatic nitrogens is 1. The van der Waals surface area contributed by atoms with Crippen LogP contribution in [0.2, 0.25) is 0 Å². The first-order valence-corrected chi connectivity index (χ1v) is 7.78. The van der Waals surface area contributed by atoms with Crippen molar-refractivity contribution >= 4 is 27.3 Å². The van der Waals surface area contributed by atoms with E-state index in [2.05, 4.69) is 4.98 Å². The van der Waals surface area contributed by atoms with E-state index < -0.39 is 22.0 Å². The summed E-state index contributed by atoms with van der Waals surface area (Å²) in [5, 5.41) is 9.71. The van der Waals surface area contributed by atoms with E-state index in [1.165, 1.54) is 0 Å². The molecule has 6 nitrogen and oxygen atoms in total. The first kappa shape index (κ1) is 13.4.